The monoisotopic (exact) mass is 992 g/mol. The molecule has 0 aliphatic carbocycles. The summed E-state index contributed by atoms with van der Waals surface area (Å²) in [5.41, 5.74) is 8.63. The minimum absolute atomic E-state index is 0. The molecule has 11 rings (SSSR count). The van der Waals surface area contributed by atoms with Gasteiger partial charge in [-0.25, -0.2) is 4.98 Å². The molecule has 0 unspecified atom stereocenters. The Hall–Kier alpha value is -7.15. The molecule has 9 heteroatoms. The maximum atomic E-state index is 13.8. The second-order valence-electron chi connectivity index (χ2n) is 14.8. The molecule has 0 saturated heterocycles. The molecule has 62 heavy (non-hydrogen) atoms. The van der Waals surface area contributed by atoms with Crippen LogP contribution in [-0.4, -0.2) is 9.55 Å². The summed E-state index contributed by atoms with van der Waals surface area (Å²) in [4.78, 5) is 8.79. The second kappa shape index (κ2) is 15.7. The zero-order valence-corrected chi connectivity index (χ0v) is 34.9. The van der Waals surface area contributed by atoms with E-state index in [4.69, 9.17) is 4.74 Å². The number of ether oxygens (including phenoxy) is 1. The van der Waals surface area contributed by atoms with E-state index in [1.54, 1.807) is 4.57 Å². The smallest absolute Gasteiger partial charge is 0.416 e. The fraction of sp³-hybridized carbons (Fsp3) is 0.0189. The van der Waals surface area contributed by atoms with Crippen LogP contribution in [0.1, 0.15) is 5.56 Å². The van der Waals surface area contributed by atoms with Crippen molar-refractivity contribution < 1.29 is 39.0 Å². The van der Waals surface area contributed by atoms with E-state index in [-0.39, 0.29) is 26.9 Å². The summed E-state index contributed by atoms with van der Waals surface area (Å²) in [5.74, 6) is 0.948. The van der Waals surface area contributed by atoms with E-state index in [0.717, 1.165) is 78.7 Å². The Morgan fingerprint density at radius 3 is 1.95 bits per heavy atom. The van der Waals surface area contributed by atoms with Crippen LogP contribution in [0.2, 0.25) is 0 Å². The van der Waals surface area contributed by atoms with E-state index in [1.165, 1.54) is 6.20 Å². The summed E-state index contributed by atoms with van der Waals surface area (Å²) < 4.78 is 49.7. The largest absolute Gasteiger partial charge is 0.509 e. The molecule has 304 valence electrons. The average Bonchev–Trinajstić information content (AvgIpc) is 3.85. The third-order valence-corrected chi connectivity index (χ3v) is 11.1. The van der Waals surface area contributed by atoms with Crippen molar-refractivity contribution in [1.82, 2.24) is 9.55 Å². The first-order valence-corrected chi connectivity index (χ1v) is 19.8. The van der Waals surface area contributed by atoms with Crippen molar-refractivity contribution in [2.75, 3.05) is 9.80 Å². The molecule has 0 amide bonds. The number of hydrogen-bond donors (Lipinski definition) is 0. The van der Waals surface area contributed by atoms with Crippen LogP contribution in [0.25, 0.3) is 60.6 Å². The van der Waals surface area contributed by atoms with E-state index in [9.17, 15) is 13.2 Å². The van der Waals surface area contributed by atoms with Crippen molar-refractivity contribution in [2.45, 2.75) is 6.18 Å². The number of nitrogens with zero attached hydrogens (tertiary/aromatic N) is 4. The Balaban J connectivity index is 0.00000458. The van der Waals surface area contributed by atoms with Crippen molar-refractivity contribution in [3.8, 4) is 39.6 Å². The zero-order valence-electron chi connectivity index (χ0n) is 32.6. The van der Waals surface area contributed by atoms with Gasteiger partial charge in [0.1, 0.15) is 5.82 Å². The van der Waals surface area contributed by atoms with E-state index in [1.807, 2.05) is 66.7 Å². The molecule has 0 fully saturated rings. The fourth-order valence-corrected chi connectivity index (χ4v) is 8.44. The van der Waals surface area contributed by atoms with Gasteiger partial charge in [0.2, 0.25) is 0 Å². The van der Waals surface area contributed by atoms with Gasteiger partial charge < -0.3 is 19.1 Å². The van der Waals surface area contributed by atoms with Crippen LogP contribution in [-0.2, 0) is 27.2 Å². The maximum Gasteiger partial charge on any atom is 0.416 e. The summed E-state index contributed by atoms with van der Waals surface area (Å²) in [7, 11) is 0. The Labute approximate surface area is 370 Å². The normalized spacial score (nSPS) is 12.5. The Kier molecular flexibility index (Phi) is 9.88. The van der Waals surface area contributed by atoms with Crippen LogP contribution < -0.4 is 14.5 Å². The number of aromatic nitrogens is 2. The molecule has 0 spiro atoms. The number of rotatable bonds is 7. The van der Waals surface area contributed by atoms with Gasteiger partial charge in [-0.05, 0) is 46.2 Å². The molecular formula is C53H32F3N4OPt-3. The topological polar surface area (TPSA) is 33.5 Å². The first-order valence-electron chi connectivity index (χ1n) is 19.8. The van der Waals surface area contributed by atoms with Crippen LogP contribution >= 0.6 is 0 Å². The molecule has 1 aliphatic heterocycles. The van der Waals surface area contributed by atoms with Gasteiger partial charge >= 0.3 is 6.18 Å². The van der Waals surface area contributed by atoms with Gasteiger partial charge in [-0.3, -0.25) is 0 Å². The summed E-state index contributed by atoms with van der Waals surface area (Å²) >= 11 is 0. The van der Waals surface area contributed by atoms with Crippen LogP contribution in [0.3, 0.4) is 0 Å². The molecule has 3 heterocycles. The Morgan fingerprint density at radius 2 is 1.21 bits per heavy atom. The van der Waals surface area contributed by atoms with Crippen LogP contribution in [0.15, 0.2) is 188 Å². The standard InChI is InChI=1S/C53H32F3N4O.Pt/c54-53(55,56)38-29-30-57-50(31-38)60-47-24-10-9-21-45(47)46-27-26-41(33-49(46)60)61-40-19-11-18-39(32-40)58-34-59(52-44-20-8-7-17-37(44)25-28-48(52)58)51-42(35-13-3-1-4-14-35)22-12-23-43(51)36-15-5-2-6-16-36;/h1-31,34H;/q-3;. The number of halogens is 3. The quantitative estimate of drug-likeness (QED) is 0.149. The average molecular weight is 993 g/mol. The number of hydrogen-bond acceptors (Lipinski definition) is 4. The van der Waals surface area contributed by atoms with E-state index in [2.05, 4.69) is 137 Å². The summed E-state index contributed by atoms with van der Waals surface area (Å²) in [5, 5.41) is 3.88. The zero-order chi connectivity index (χ0) is 41.1. The van der Waals surface area contributed by atoms with E-state index >= 15 is 0 Å². The van der Waals surface area contributed by atoms with Gasteiger partial charge in [-0.15, -0.1) is 48.1 Å². The van der Waals surface area contributed by atoms with Gasteiger partial charge in [0, 0.05) is 77.9 Å². The van der Waals surface area contributed by atoms with Crippen LogP contribution in [0.5, 0.6) is 11.5 Å². The Morgan fingerprint density at radius 1 is 0.548 bits per heavy atom. The molecule has 8 aromatic carbocycles. The van der Waals surface area contributed by atoms with E-state index < -0.39 is 11.7 Å². The molecule has 10 aromatic rings. The number of fused-ring (bicyclic) bond motifs is 6. The predicted molar refractivity (Wildman–Crippen MR) is 238 cm³/mol. The Bertz CT molecular complexity index is 3220. The molecule has 0 atom stereocenters. The number of anilines is 4. The van der Waals surface area contributed by atoms with Gasteiger partial charge in [-0.2, -0.15) is 25.3 Å². The minimum atomic E-state index is -4.53. The van der Waals surface area contributed by atoms with Gasteiger partial charge in [0.25, 0.3) is 0 Å². The molecule has 0 saturated carbocycles. The van der Waals surface area contributed by atoms with Crippen molar-refractivity contribution in [3.05, 3.63) is 213 Å². The van der Waals surface area contributed by atoms with Gasteiger partial charge in [-0.1, -0.05) is 133 Å². The van der Waals surface area contributed by atoms with Crippen molar-refractivity contribution in [2.24, 2.45) is 0 Å². The summed E-state index contributed by atoms with van der Waals surface area (Å²) in [6.07, 6.45) is -3.35. The first kappa shape index (κ1) is 39.0. The maximum absolute atomic E-state index is 13.8. The molecular weight excluding hydrogens is 961 g/mol. The van der Waals surface area contributed by atoms with Crippen molar-refractivity contribution in [3.63, 3.8) is 0 Å². The molecule has 0 bridgehead atoms. The third-order valence-electron chi connectivity index (χ3n) is 11.1. The van der Waals surface area contributed by atoms with Crippen LogP contribution in [0, 0.1) is 18.8 Å². The third kappa shape index (κ3) is 6.77. The fourth-order valence-electron chi connectivity index (χ4n) is 8.44. The number of benzene rings is 8. The number of pyridine rings is 1. The van der Waals surface area contributed by atoms with E-state index in [0.29, 0.717) is 22.5 Å². The summed E-state index contributed by atoms with van der Waals surface area (Å²) in [6, 6.07) is 66.0. The first-order chi connectivity index (χ1) is 29.9. The van der Waals surface area contributed by atoms with Crippen molar-refractivity contribution in [1.29, 1.82) is 0 Å². The number of para-hydroxylation sites is 2. The molecule has 1 aliphatic rings. The predicted octanol–water partition coefficient (Wildman–Crippen LogP) is 14.5. The minimum Gasteiger partial charge on any atom is -0.509 e. The van der Waals surface area contributed by atoms with Gasteiger partial charge in [0.05, 0.1) is 5.56 Å². The van der Waals surface area contributed by atoms with Gasteiger partial charge in [0.15, 0.2) is 0 Å². The van der Waals surface area contributed by atoms with Crippen molar-refractivity contribution >= 4 is 55.3 Å². The number of alkyl halides is 3. The molecule has 0 radical (unpaired) electrons. The van der Waals surface area contributed by atoms with Crippen LogP contribution in [0.4, 0.5) is 35.9 Å². The molecule has 5 nitrogen and oxygen atoms in total. The SMILES string of the molecule is FC(F)(F)c1ccnc(-n2c3[c-]c(Oc4[c-]c(N5[CH-]N(c6c(-c7ccccc7)cccc6-c6ccccc6)c6c5ccc5ccccc65)ccc4)ccc3c3ccccc32)c1.[Pt]. The second-order valence-corrected chi connectivity index (χ2v) is 14.8. The molecule has 2 aromatic heterocycles. The summed E-state index contributed by atoms with van der Waals surface area (Å²) in [6.45, 7) is 2.12. The molecule has 0 N–H and O–H groups in total.